The van der Waals surface area contributed by atoms with Crippen molar-refractivity contribution >= 4 is 175 Å². The zero-order valence-electron chi connectivity index (χ0n) is 45.8. The Labute approximate surface area is 465 Å². The predicted octanol–water partition coefficient (Wildman–Crippen LogP) is 17.3. The summed E-state index contributed by atoms with van der Waals surface area (Å²) in [5, 5.41) is 24.8. The molecule has 19 rings (SSSR count). The van der Waals surface area contributed by atoms with Crippen molar-refractivity contribution in [2.45, 2.75) is 52.4 Å². The molecule has 2 aliphatic rings. The number of aromatic nitrogens is 5. The van der Waals surface area contributed by atoms with Gasteiger partial charge in [0.1, 0.15) is 5.52 Å². The minimum absolute atomic E-state index is 0.0599. The van der Waals surface area contributed by atoms with Crippen molar-refractivity contribution in [2.75, 3.05) is 0 Å². The van der Waals surface area contributed by atoms with Crippen LogP contribution in [0.25, 0.3) is 163 Å². The number of pyridine rings is 1. The second kappa shape index (κ2) is 14.8. The molecular formula is C75H50BN5. The molecule has 0 radical (unpaired) electrons. The van der Waals surface area contributed by atoms with Crippen molar-refractivity contribution in [2.24, 2.45) is 0 Å². The van der Waals surface area contributed by atoms with E-state index in [4.69, 9.17) is 9.97 Å². The zero-order valence-corrected chi connectivity index (χ0v) is 45.8. The minimum Gasteiger partial charge on any atom is -0.310 e. The first-order valence-corrected chi connectivity index (χ1v) is 28.6. The largest absolute Gasteiger partial charge is 0.310 e. The van der Waals surface area contributed by atoms with Crippen molar-refractivity contribution in [1.29, 1.82) is 0 Å². The Balaban J connectivity index is 1.12. The minimum atomic E-state index is -0.170. The highest BCUT2D eigenvalue weighted by Crippen LogP contribution is 2.51. The summed E-state index contributed by atoms with van der Waals surface area (Å²) in [7, 11) is 0. The molecule has 0 aliphatic carbocycles. The van der Waals surface area contributed by atoms with Crippen LogP contribution < -0.4 is 16.4 Å². The summed E-state index contributed by atoms with van der Waals surface area (Å²) in [5.41, 5.74) is 17.1. The predicted molar refractivity (Wildman–Crippen MR) is 346 cm³/mol. The van der Waals surface area contributed by atoms with E-state index in [0.29, 0.717) is 0 Å². The van der Waals surface area contributed by atoms with Crippen molar-refractivity contribution in [3.8, 4) is 11.4 Å². The second-order valence-electron chi connectivity index (χ2n) is 25.4. The van der Waals surface area contributed by atoms with Crippen molar-refractivity contribution < 1.29 is 0 Å². The summed E-state index contributed by atoms with van der Waals surface area (Å²) in [4.78, 5) is 16.6. The van der Waals surface area contributed by atoms with Crippen LogP contribution >= 0.6 is 0 Å². The summed E-state index contributed by atoms with van der Waals surface area (Å²) in [6.07, 6.45) is 3.90. The zero-order chi connectivity index (χ0) is 53.7. The number of hydrogen-bond acceptors (Lipinski definition) is 3. The molecule has 0 bridgehead atoms. The molecular weight excluding hydrogens is 982 g/mol. The molecule has 0 saturated heterocycles. The van der Waals surface area contributed by atoms with Crippen molar-refractivity contribution in [3.63, 3.8) is 0 Å². The third-order valence-electron chi connectivity index (χ3n) is 19.1. The van der Waals surface area contributed by atoms with E-state index in [-0.39, 0.29) is 17.5 Å². The maximum atomic E-state index is 6.03. The average Bonchev–Trinajstić information content (AvgIpc) is 3.13. The molecule has 5 nitrogen and oxygen atoms in total. The molecule has 17 aromatic rings. The molecule has 378 valence electrons. The van der Waals surface area contributed by atoms with E-state index >= 15 is 0 Å². The number of rotatable bonds is 0. The van der Waals surface area contributed by atoms with Crippen LogP contribution in [0.4, 0.5) is 0 Å². The molecule has 13 aromatic carbocycles. The normalized spacial score (nSPS) is 13.5. The first-order valence-electron chi connectivity index (χ1n) is 28.6. The highest BCUT2D eigenvalue weighted by molar-refractivity contribution is 7.01. The van der Waals surface area contributed by atoms with E-state index in [1.54, 1.807) is 0 Å². The Morgan fingerprint density at radius 2 is 0.877 bits per heavy atom. The smallest absolute Gasteiger partial charge is 0.252 e. The van der Waals surface area contributed by atoms with Gasteiger partial charge in [0.15, 0.2) is 0 Å². The van der Waals surface area contributed by atoms with Gasteiger partial charge in [-0.1, -0.05) is 187 Å². The molecule has 4 aromatic heterocycles. The SMILES string of the molecule is CC(C)(C)c1ccc2c(c1)c1cc(C(C)(C)C)cc3c1n2-c1c2c(cc4nc5c6ccccc6c6cnccc6c5nc14)-n1c4ccc5c6ccccc6c6ccccc6c5c4c4c5c6ccccc6c6ccccc6c5cc(c41)B23. The Hall–Kier alpha value is -9.65. The van der Waals surface area contributed by atoms with Gasteiger partial charge in [0.2, 0.25) is 0 Å². The van der Waals surface area contributed by atoms with E-state index in [1.165, 1.54) is 136 Å². The Kier molecular flexibility index (Phi) is 8.07. The molecule has 0 atom stereocenters. The highest BCUT2D eigenvalue weighted by atomic mass is 15.1. The fourth-order valence-corrected chi connectivity index (χ4v) is 15.6. The quantitative estimate of drug-likeness (QED) is 0.0864. The Morgan fingerprint density at radius 3 is 1.53 bits per heavy atom. The van der Waals surface area contributed by atoms with Gasteiger partial charge in [-0.25, -0.2) is 9.97 Å². The van der Waals surface area contributed by atoms with Crippen molar-refractivity contribution in [3.05, 3.63) is 206 Å². The highest BCUT2D eigenvalue weighted by Gasteiger charge is 2.44. The molecule has 81 heavy (non-hydrogen) atoms. The average molecular weight is 1030 g/mol. The number of benzene rings is 13. The molecule has 0 N–H and O–H groups in total. The van der Waals surface area contributed by atoms with E-state index < -0.39 is 0 Å². The van der Waals surface area contributed by atoms with Crippen LogP contribution in [0.5, 0.6) is 0 Å². The molecule has 0 saturated carbocycles. The van der Waals surface area contributed by atoms with Gasteiger partial charge in [-0.15, -0.1) is 0 Å². The first-order chi connectivity index (χ1) is 39.5. The van der Waals surface area contributed by atoms with Crippen LogP contribution in [0.1, 0.15) is 52.7 Å². The van der Waals surface area contributed by atoms with Gasteiger partial charge in [0, 0.05) is 72.1 Å². The number of fused-ring (bicyclic) bond motifs is 32. The summed E-state index contributed by atoms with van der Waals surface area (Å²) < 4.78 is 5.30. The maximum absolute atomic E-state index is 6.03. The van der Waals surface area contributed by atoms with Crippen LogP contribution in [0.2, 0.25) is 0 Å². The lowest BCUT2D eigenvalue weighted by atomic mass is 9.34. The standard InChI is InChI=1S/C75H50BN5/c1-74(2,3)39-27-29-60-53(33-39)55-34-40(75(4,5)6)35-57-71(55)81(60)73-67-62(37-59-70(73)79-69-52-31-32-77-38-56(52)47-23-13-16-26-51(47)68(69)78-59)80-61-30-28-50-45-21-9-7-17-41(45)43-19-11-14-24-48(43)63(50)65(61)66-64-49-25-15-12-20-44(49)42-18-8-10-22-46(42)54(64)36-58(72(66)80)76(57)67/h7-38H,1-6H3. The lowest BCUT2D eigenvalue weighted by molar-refractivity contribution is 0.590. The van der Waals surface area contributed by atoms with E-state index in [0.717, 1.165) is 55.0 Å². The van der Waals surface area contributed by atoms with E-state index in [2.05, 4.69) is 238 Å². The molecule has 0 fully saturated rings. The van der Waals surface area contributed by atoms with Gasteiger partial charge in [0.05, 0.1) is 38.8 Å². The Morgan fingerprint density at radius 1 is 0.358 bits per heavy atom. The van der Waals surface area contributed by atoms with Crippen molar-refractivity contribution in [1.82, 2.24) is 24.1 Å². The fraction of sp³-hybridized carbons (Fsp3) is 0.107. The number of hydrogen-bond donors (Lipinski definition) is 0. The van der Waals surface area contributed by atoms with Gasteiger partial charge < -0.3 is 9.13 Å². The molecule has 2 aliphatic heterocycles. The molecule has 6 heteroatoms. The molecule has 0 spiro atoms. The van der Waals surface area contributed by atoms with E-state index in [1.807, 2.05) is 12.4 Å². The number of nitrogens with zero attached hydrogens (tertiary/aromatic N) is 5. The van der Waals surface area contributed by atoms with Crippen LogP contribution in [-0.4, -0.2) is 30.8 Å². The lowest BCUT2D eigenvalue weighted by Gasteiger charge is -2.35. The fourth-order valence-electron chi connectivity index (χ4n) is 15.6. The summed E-state index contributed by atoms with van der Waals surface area (Å²) in [5.74, 6) is 0. The van der Waals surface area contributed by atoms with Gasteiger partial charge in [-0.2, -0.15) is 0 Å². The lowest BCUT2D eigenvalue weighted by Crippen LogP contribution is -2.59. The van der Waals surface area contributed by atoms with Gasteiger partial charge in [-0.3, -0.25) is 4.98 Å². The van der Waals surface area contributed by atoms with Crippen LogP contribution in [-0.2, 0) is 10.8 Å². The summed E-state index contributed by atoms with van der Waals surface area (Å²) >= 11 is 0. The molecule has 0 amide bonds. The topological polar surface area (TPSA) is 48.5 Å². The monoisotopic (exact) mass is 1030 g/mol. The third-order valence-corrected chi connectivity index (χ3v) is 19.1. The summed E-state index contributed by atoms with van der Waals surface area (Å²) in [6, 6.07) is 69.5. The van der Waals surface area contributed by atoms with E-state index in [9.17, 15) is 0 Å². The molecule has 6 heterocycles. The van der Waals surface area contributed by atoms with Crippen LogP contribution in [0.15, 0.2) is 194 Å². The molecule has 0 unspecified atom stereocenters. The Bertz CT molecular complexity index is 5830. The maximum Gasteiger partial charge on any atom is 0.252 e. The van der Waals surface area contributed by atoms with Crippen LogP contribution in [0.3, 0.4) is 0 Å². The van der Waals surface area contributed by atoms with Gasteiger partial charge in [-0.05, 0) is 134 Å². The third kappa shape index (κ3) is 5.42. The summed E-state index contributed by atoms with van der Waals surface area (Å²) in [6.45, 7) is 14.0. The van der Waals surface area contributed by atoms with Crippen LogP contribution in [0, 0.1) is 0 Å². The van der Waals surface area contributed by atoms with Gasteiger partial charge in [0.25, 0.3) is 6.71 Å². The van der Waals surface area contributed by atoms with Gasteiger partial charge >= 0.3 is 0 Å². The second-order valence-corrected chi connectivity index (χ2v) is 25.4. The first kappa shape index (κ1) is 44.2.